The third-order valence-corrected chi connectivity index (χ3v) is 2.68. The minimum atomic E-state index is -0.500. The molecule has 1 aromatic heterocycles. The predicted molar refractivity (Wildman–Crippen MR) is 80.0 cm³/mol. The molecule has 0 atom stereocenters. The first-order valence-electron chi connectivity index (χ1n) is 6.80. The average molecular weight is 298 g/mol. The lowest BCUT2D eigenvalue weighted by Gasteiger charge is -2.10. The van der Waals surface area contributed by atoms with Crippen LogP contribution in [-0.4, -0.2) is 34.1 Å². The summed E-state index contributed by atoms with van der Waals surface area (Å²) in [5.74, 6) is 5.56. The zero-order valence-corrected chi connectivity index (χ0v) is 12.5. The molecule has 1 aromatic rings. The average Bonchev–Trinajstić information content (AvgIpc) is 2.41. The van der Waals surface area contributed by atoms with Gasteiger partial charge in [-0.25, -0.2) is 10.8 Å². The van der Waals surface area contributed by atoms with E-state index in [1.54, 1.807) is 6.92 Å². The summed E-state index contributed by atoms with van der Waals surface area (Å²) in [5, 5.41) is 14.0. The molecule has 21 heavy (non-hydrogen) atoms. The first kappa shape index (κ1) is 17.1. The highest BCUT2D eigenvalue weighted by Crippen LogP contribution is 2.26. The second-order valence-electron chi connectivity index (χ2n) is 4.78. The number of ether oxygens (including phenoxy) is 1. The van der Waals surface area contributed by atoms with Crippen LogP contribution in [0.15, 0.2) is 0 Å². The Balaban J connectivity index is 2.60. The SMILES string of the molecule is Cc1nc(NN)nc(NCCCCOC(C)C)c1[N+](=O)[O-]. The summed E-state index contributed by atoms with van der Waals surface area (Å²) in [4.78, 5) is 18.5. The fraction of sp³-hybridized carbons (Fsp3) is 0.667. The Morgan fingerprint density at radius 1 is 1.38 bits per heavy atom. The molecule has 0 aliphatic rings. The highest BCUT2D eigenvalue weighted by Gasteiger charge is 2.21. The van der Waals surface area contributed by atoms with Crippen molar-refractivity contribution < 1.29 is 9.66 Å². The number of hydrazine groups is 1. The van der Waals surface area contributed by atoms with Crippen LogP contribution >= 0.6 is 0 Å². The van der Waals surface area contributed by atoms with Crippen molar-refractivity contribution in [3.8, 4) is 0 Å². The van der Waals surface area contributed by atoms with Gasteiger partial charge in [0.2, 0.25) is 11.8 Å². The normalized spacial score (nSPS) is 10.7. The van der Waals surface area contributed by atoms with Crippen LogP contribution in [0, 0.1) is 17.0 Å². The number of nitrogen functional groups attached to an aromatic ring is 1. The molecule has 0 aliphatic carbocycles. The van der Waals surface area contributed by atoms with E-state index in [4.69, 9.17) is 10.6 Å². The van der Waals surface area contributed by atoms with Gasteiger partial charge in [0.15, 0.2) is 0 Å². The lowest BCUT2D eigenvalue weighted by Crippen LogP contribution is -2.15. The van der Waals surface area contributed by atoms with Gasteiger partial charge in [0, 0.05) is 13.2 Å². The topological polar surface area (TPSA) is 128 Å². The minimum Gasteiger partial charge on any atom is -0.379 e. The van der Waals surface area contributed by atoms with Crippen LogP contribution < -0.4 is 16.6 Å². The van der Waals surface area contributed by atoms with E-state index in [1.165, 1.54) is 0 Å². The monoisotopic (exact) mass is 298 g/mol. The molecule has 0 spiro atoms. The number of nitro groups is 1. The predicted octanol–water partition coefficient (Wildman–Crippen LogP) is 1.60. The van der Waals surface area contributed by atoms with Crippen molar-refractivity contribution in [1.82, 2.24) is 9.97 Å². The molecule has 0 aromatic carbocycles. The Labute approximate surface area is 123 Å². The van der Waals surface area contributed by atoms with Crippen molar-refractivity contribution in [2.75, 3.05) is 23.9 Å². The largest absolute Gasteiger partial charge is 0.379 e. The Kier molecular flexibility index (Phi) is 6.76. The number of aromatic nitrogens is 2. The molecule has 0 bridgehead atoms. The fourth-order valence-electron chi connectivity index (χ4n) is 1.73. The summed E-state index contributed by atoms with van der Waals surface area (Å²) in [6.07, 6.45) is 1.89. The molecular weight excluding hydrogens is 276 g/mol. The maximum absolute atomic E-state index is 11.1. The van der Waals surface area contributed by atoms with Crippen molar-refractivity contribution in [3.05, 3.63) is 15.8 Å². The van der Waals surface area contributed by atoms with Crippen molar-refractivity contribution in [1.29, 1.82) is 0 Å². The van der Waals surface area contributed by atoms with E-state index in [-0.39, 0.29) is 29.3 Å². The van der Waals surface area contributed by atoms with Gasteiger partial charge in [0.25, 0.3) is 0 Å². The molecule has 118 valence electrons. The molecule has 9 heteroatoms. The maximum Gasteiger partial charge on any atom is 0.332 e. The van der Waals surface area contributed by atoms with E-state index in [0.29, 0.717) is 13.2 Å². The lowest BCUT2D eigenvalue weighted by atomic mass is 10.3. The Hall–Kier alpha value is -2.00. The van der Waals surface area contributed by atoms with E-state index < -0.39 is 4.92 Å². The molecular formula is C12H22N6O3. The highest BCUT2D eigenvalue weighted by atomic mass is 16.6. The van der Waals surface area contributed by atoms with Crippen LogP contribution in [0.2, 0.25) is 0 Å². The second kappa shape index (κ2) is 8.32. The minimum absolute atomic E-state index is 0.132. The molecule has 9 nitrogen and oxygen atoms in total. The smallest absolute Gasteiger partial charge is 0.332 e. The number of nitrogens with one attached hydrogen (secondary N) is 2. The van der Waals surface area contributed by atoms with Gasteiger partial charge in [-0.3, -0.25) is 15.5 Å². The lowest BCUT2D eigenvalue weighted by molar-refractivity contribution is -0.385. The molecule has 0 aliphatic heterocycles. The van der Waals surface area contributed by atoms with Crippen molar-refractivity contribution >= 4 is 17.5 Å². The van der Waals surface area contributed by atoms with Gasteiger partial charge in [-0.2, -0.15) is 4.98 Å². The number of aryl methyl sites for hydroxylation is 1. The Bertz CT molecular complexity index is 480. The van der Waals surface area contributed by atoms with Crippen LogP contribution in [-0.2, 0) is 4.74 Å². The number of unbranched alkanes of at least 4 members (excludes halogenated alkanes) is 1. The van der Waals surface area contributed by atoms with Crippen molar-refractivity contribution in [2.45, 2.75) is 39.7 Å². The molecule has 0 saturated carbocycles. The van der Waals surface area contributed by atoms with E-state index in [9.17, 15) is 10.1 Å². The molecule has 0 amide bonds. The van der Waals surface area contributed by atoms with Crippen molar-refractivity contribution in [3.63, 3.8) is 0 Å². The van der Waals surface area contributed by atoms with Gasteiger partial charge in [0.05, 0.1) is 11.0 Å². The summed E-state index contributed by atoms with van der Waals surface area (Å²) in [6.45, 7) is 6.73. The summed E-state index contributed by atoms with van der Waals surface area (Å²) in [6, 6.07) is 0. The Morgan fingerprint density at radius 2 is 2.10 bits per heavy atom. The molecule has 0 unspecified atom stereocenters. The number of anilines is 2. The highest BCUT2D eigenvalue weighted by molar-refractivity contribution is 5.60. The first-order valence-corrected chi connectivity index (χ1v) is 6.80. The van der Waals surface area contributed by atoms with Gasteiger partial charge >= 0.3 is 5.69 Å². The maximum atomic E-state index is 11.1. The van der Waals surface area contributed by atoms with Crippen LogP contribution in [0.1, 0.15) is 32.4 Å². The van der Waals surface area contributed by atoms with Crippen LogP contribution in [0.4, 0.5) is 17.5 Å². The summed E-state index contributed by atoms with van der Waals surface area (Å²) in [5.41, 5.74) is 2.42. The van der Waals surface area contributed by atoms with Gasteiger partial charge in [-0.15, -0.1) is 0 Å². The Morgan fingerprint density at radius 3 is 2.67 bits per heavy atom. The molecule has 1 heterocycles. The van der Waals surface area contributed by atoms with Crippen LogP contribution in [0.3, 0.4) is 0 Å². The number of nitrogens with zero attached hydrogens (tertiary/aromatic N) is 3. The van der Waals surface area contributed by atoms with E-state index in [2.05, 4.69) is 20.7 Å². The third kappa shape index (κ3) is 5.48. The first-order chi connectivity index (χ1) is 9.95. The quantitative estimate of drug-likeness (QED) is 0.271. The van der Waals surface area contributed by atoms with Crippen LogP contribution in [0.5, 0.6) is 0 Å². The summed E-state index contributed by atoms with van der Waals surface area (Å²) >= 11 is 0. The zero-order valence-electron chi connectivity index (χ0n) is 12.5. The zero-order chi connectivity index (χ0) is 15.8. The van der Waals surface area contributed by atoms with Gasteiger partial charge in [-0.05, 0) is 33.6 Å². The fourth-order valence-corrected chi connectivity index (χ4v) is 1.73. The summed E-state index contributed by atoms with van der Waals surface area (Å²) < 4.78 is 5.42. The number of hydrogen-bond donors (Lipinski definition) is 3. The van der Waals surface area contributed by atoms with Crippen LogP contribution in [0.25, 0.3) is 0 Å². The van der Waals surface area contributed by atoms with Crippen molar-refractivity contribution in [2.24, 2.45) is 5.84 Å². The van der Waals surface area contributed by atoms with E-state index in [1.807, 2.05) is 13.8 Å². The molecule has 4 N–H and O–H groups in total. The molecule has 1 rings (SSSR count). The number of nitrogens with two attached hydrogens (primary N) is 1. The number of hydrogen-bond acceptors (Lipinski definition) is 8. The summed E-state index contributed by atoms with van der Waals surface area (Å²) in [7, 11) is 0. The standard InChI is InChI=1S/C12H22N6O3/c1-8(2)21-7-5-4-6-14-11-10(18(19)20)9(3)15-12(16-11)17-13/h8H,4-7,13H2,1-3H3,(H2,14,15,16,17). The van der Waals surface area contributed by atoms with Gasteiger partial charge in [0.1, 0.15) is 5.69 Å². The van der Waals surface area contributed by atoms with E-state index in [0.717, 1.165) is 12.8 Å². The molecule has 0 fully saturated rings. The van der Waals surface area contributed by atoms with Gasteiger partial charge < -0.3 is 10.1 Å². The van der Waals surface area contributed by atoms with Gasteiger partial charge in [-0.1, -0.05) is 0 Å². The third-order valence-electron chi connectivity index (χ3n) is 2.68. The molecule has 0 radical (unpaired) electrons. The van der Waals surface area contributed by atoms with E-state index >= 15 is 0 Å². The molecule has 0 saturated heterocycles. The number of rotatable bonds is 9. The second-order valence-corrected chi connectivity index (χ2v) is 4.78.